The summed E-state index contributed by atoms with van der Waals surface area (Å²) in [5.74, 6) is 0.302. The van der Waals surface area contributed by atoms with Crippen LogP contribution in [0, 0.1) is 5.41 Å². The van der Waals surface area contributed by atoms with E-state index < -0.39 is 0 Å². The molecule has 0 atom stereocenters. The second kappa shape index (κ2) is 7.42. The van der Waals surface area contributed by atoms with Crippen molar-refractivity contribution in [2.24, 2.45) is 5.41 Å². The van der Waals surface area contributed by atoms with Gasteiger partial charge in [-0.05, 0) is 12.8 Å². The van der Waals surface area contributed by atoms with Gasteiger partial charge in [0.1, 0.15) is 0 Å². The lowest BCUT2D eigenvalue weighted by atomic mass is 9.94. The standard InChI is InChI=1S/C16H29N3O3/c1-16(2,3)15(21)17-13-4-6-18(7-5-13)12-14(20)19-8-10-22-11-9-19/h13H,4-12H2,1-3H3,(H,17,21). The molecule has 1 N–H and O–H groups in total. The lowest BCUT2D eigenvalue weighted by molar-refractivity contribution is -0.137. The van der Waals surface area contributed by atoms with Gasteiger partial charge in [0.15, 0.2) is 0 Å². The number of piperidine rings is 1. The fraction of sp³-hybridized carbons (Fsp3) is 0.875. The lowest BCUT2D eigenvalue weighted by Gasteiger charge is -2.35. The lowest BCUT2D eigenvalue weighted by Crippen LogP contribution is -2.51. The predicted octanol–water partition coefficient (Wildman–Crippen LogP) is 0.472. The molecule has 2 heterocycles. The molecule has 6 heteroatoms. The van der Waals surface area contributed by atoms with Crippen LogP contribution in [-0.2, 0) is 14.3 Å². The van der Waals surface area contributed by atoms with Crippen LogP contribution in [-0.4, -0.2) is 73.6 Å². The van der Waals surface area contributed by atoms with Gasteiger partial charge in [-0.2, -0.15) is 0 Å². The highest BCUT2D eigenvalue weighted by molar-refractivity contribution is 5.81. The van der Waals surface area contributed by atoms with E-state index in [0.717, 1.165) is 25.9 Å². The predicted molar refractivity (Wildman–Crippen MR) is 84.5 cm³/mol. The van der Waals surface area contributed by atoms with Gasteiger partial charge in [0.05, 0.1) is 19.8 Å². The van der Waals surface area contributed by atoms with Gasteiger partial charge in [-0.25, -0.2) is 0 Å². The summed E-state index contributed by atoms with van der Waals surface area (Å²) in [7, 11) is 0. The molecule has 126 valence electrons. The Morgan fingerprint density at radius 3 is 2.23 bits per heavy atom. The zero-order valence-corrected chi connectivity index (χ0v) is 14.1. The minimum atomic E-state index is -0.344. The Bertz CT molecular complexity index is 392. The highest BCUT2D eigenvalue weighted by Gasteiger charge is 2.27. The van der Waals surface area contributed by atoms with Gasteiger partial charge in [-0.3, -0.25) is 14.5 Å². The van der Waals surface area contributed by atoms with Crippen molar-refractivity contribution in [3.05, 3.63) is 0 Å². The molecule has 2 aliphatic heterocycles. The van der Waals surface area contributed by atoms with Gasteiger partial charge >= 0.3 is 0 Å². The number of nitrogens with zero attached hydrogens (tertiary/aromatic N) is 2. The van der Waals surface area contributed by atoms with Crippen LogP contribution in [0.5, 0.6) is 0 Å². The number of hydrogen-bond donors (Lipinski definition) is 1. The number of carbonyl (C=O) groups excluding carboxylic acids is 2. The molecule has 2 aliphatic rings. The molecule has 2 rings (SSSR count). The third-order valence-electron chi connectivity index (χ3n) is 4.33. The summed E-state index contributed by atoms with van der Waals surface area (Å²) in [6, 6.07) is 0.237. The normalized spacial score (nSPS) is 21.7. The number of likely N-dealkylation sites (tertiary alicyclic amines) is 1. The SMILES string of the molecule is CC(C)(C)C(=O)NC1CCN(CC(=O)N2CCOCC2)CC1. The minimum Gasteiger partial charge on any atom is -0.378 e. The van der Waals surface area contributed by atoms with E-state index in [-0.39, 0.29) is 23.3 Å². The van der Waals surface area contributed by atoms with Crippen molar-refractivity contribution in [2.45, 2.75) is 39.7 Å². The first-order chi connectivity index (χ1) is 10.4. The Balaban J connectivity index is 1.70. The zero-order valence-electron chi connectivity index (χ0n) is 14.1. The van der Waals surface area contributed by atoms with E-state index in [0.29, 0.717) is 32.8 Å². The average molecular weight is 311 g/mol. The summed E-state index contributed by atoms with van der Waals surface area (Å²) in [5, 5.41) is 3.12. The van der Waals surface area contributed by atoms with Crippen molar-refractivity contribution in [3.63, 3.8) is 0 Å². The first-order valence-corrected chi connectivity index (χ1v) is 8.25. The molecular weight excluding hydrogens is 282 g/mol. The average Bonchev–Trinajstić information content (AvgIpc) is 2.49. The smallest absolute Gasteiger partial charge is 0.236 e. The van der Waals surface area contributed by atoms with Gasteiger partial charge < -0.3 is 15.0 Å². The van der Waals surface area contributed by atoms with Crippen LogP contribution >= 0.6 is 0 Å². The molecule has 0 unspecified atom stereocenters. The number of hydrogen-bond acceptors (Lipinski definition) is 4. The van der Waals surface area contributed by atoms with Gasteiger partial charge in [-0.1, -0.05) is 20.8 Å². The van der Waals surface area contributed by atoms with Crippen LogP contribution in [0.1, 0.15) is 33.6 Å². The van der Waals surface area contributed by atoms with E-state index >= 15 is 0 Å². The number of ether oxygens (including phenoxy) is 1. The van der Waals surface area contributed by atoms with Crippen molar-refractivity contribution >= 4 is 11.8 Å². The molecule has 2 saturated heterocycles. The molecular formula is C16H29N3O3. The number of carbonyl (C=O) groups is 2. The summed E-state index contributed by atoms with van der Waals surface area (Å²) in [6.45, 7) is 10.7. The van der Waals surface area contributed by atoms with Gasteiger partial charge in [0, 0.05) is 37.6 Å². The van der Waals surface area contributed by atoms with E-state index in [9.17, 15) is 9.59 Å². The van der Waals surface area contributed by atoms with Crippen LogP contribution in [0.3, 0.4) is 0 Å². The number of rotatable bonds is 3. The van der Waals surface area contributed by atoms with Crippen molar-refractivity contribution < 1.29 is 14.3 Å². The molecule has 0 saturated carbocycles. The Labute approximate surface area is 133 Å². The molecule has 0 aromatic heterocycles. The fourth-order valence-corrected chi connectivity index (χ4v) is 2.74. The highest BCUT2D eigenvalue weighted by Crippen LogP contribution is 2.16. The molecule has 22 heavy (non-hydrogen) atoms. The maximum Gasteiger partial charge on any atom is 0.236 e. The quantitative estimate of drug-likeness (QED) is 0.823. The maximum atomic E-state index is 12.2. The molecule has 0 radical (unpaired) electrons. The van der Waals surface area contributed by atoms with Gasteiger partial charge in [0.25, 0.3) is 0 Å². The van der Waals surface area contributed by atoms with Crippen LogP contribution in [0.4, 0.5) is 0 Å². The second-order valence-corrected chi connectivity index (χ2v) is 7.27. The topological polar surface area (TPSA) is 61.9 Å². The van der Waals surface area contributed by atoms with Crippen molar-refractivity contribution in [1.82, 2.24) is 15.1 Å². The Hall–Kier alpha value is -1.14. The van der Waals surface area contributed by atoms with Crippen molar-refractivity contribution in [2.75, 3.05) is 45.9 Å². The summed E-state index contributed by atoms with van der Waals surface area (Å²) < 4.78 is 5.27. The highest BCUT2D eigenvalue weighted by atomic mass is 16.5. The summed E-state index contributed by atoms with van der Waals surface area (Å²) in [5.41, 5.74) is -0.344. The summed E-state index contributed by atoms with van der Waals surface area (Å²) in [6.07, 6.45) is 1.83. The van der Waals surface area contributed by atoms with Crippen LogP contribution in [0.25, 0.3) is 0 Å². The molecule has 0 bridgehead atoms. The first kappa shape index (κ1) is 17.2. The Morgan fingerprint density at radius 2 is 1.68 bits per heavy atom. The summed E-state index contributed by atoms with van der Waals surface area (Å²) >= 11 is 0. The number of nitrogens with one attached hydrogen (secondary N) is 1. The van der Waals surface area contributed by atoms with E-state index in [2.05, 4.69) is 10.2 Å². The van der Waals surface area contributed by atoms with Crippen LogP contribution in [0.2, 0.25) is 0 Å². The molecule has 2 fully saturated rings. The Kier molecular flexibility index (Phi) is 5.81. The zero-order chi connectivity index (χ0) is 16.2. The molecule has 2 amide bonds. The molecule has 6 nitrogen and oxygen atoms in total. The number of morpholine rings is 1. The van der Waals surface area contributed by atoms with E-state index in [1.54, 1.807) is 0 Å². The van der Waals surface area contributed by atoms with Gasteiger partial charge in [0.2, 0.25) is 11.8 Å². The largest absolute Gasteiger partial charge is 0.378 e. The molecule has 0 aromatic rings. The first-order valence-electron chi connectivity index (χ1n) is 8.25. The summed E-state index contributed by atoms with van der Waals surface area (Å²) in [4.78, 5) is 28.3. The third kappa shape index (κ3) is 4.95. The van der Waals surface area contributed by atoms with E-state index in [1.807, 2.05) is 25.7 Å². The van der Waals surface area contributed by atoms with Crippen molar-refractivity contribution in [3.8, 4) is 0 Å². The Morgan fingerprint density at radius 1 is 1.09 bits per heavy atom. The minimum absolute atomic E-state index is 0.107. The van der Waals surface area contributed by atoms with Crippen LogP contribution < -0.4 is 5.32 Å². The fourth-order valence-electron chi connectivity index (χ4n) is 2.74. The molecule has 0 aliphatic carbocycles. The number of amides is 2. The van der Waals surface area contributed by atoms with E-state index in [4.69, 9.17) is 4.74 Å². The van der Waals surface area contributed by atoms with Gasteiger partial charge in [-0.15, -0.1) is 0 Å². The third-order valence-corrected chi connectivity index (χ3v) is 4.33. The van der Waals surface area contributed by atoms with Crippen molar-refractivity contribution in [1.29, 1.82) is 0 Å². The molecule has 0 aromatic carbocycles. The second-order valence-electron chi connectivity index (χ2n) is 7.27. The van der Waals surface area contributed by atoms with Crippen LogP contribution in [0.15, 0.2) is 0 Å². The monoisotopic (exact) mass is 311 g/mol. The van der Waals surface area contributed by atoms with E-state index in [1.165, 1.54) is 0 Å². The maximum absolute atomic E-state index is 12.2. The molecule has 0 spiro atoms.